The third-order valence-electron chi connectivity index (χ3n) is 4.01. The predicted octanol–water partition coefficient (Wildman–Crippen LogP) is 0.972. The van der Waals surface area contributed by atoms with Crippen LogP contribution >= 0.6 is 0 Å². The fourth-order valence-corrected chi connectivity index (χ4v) is 2.78. The second kappa shape index (κ2) is 6.82. The van der Waals surface area contributed by atoms with Gasteiger partial charge in [0.25, 0.3) is 11.5 Å². The first-order valence-electron chi connectivity index (χ1n) is 7.75. The summed E-state index contributed by atoms with van der Waals surface area (Å²) >= 11 is 0. The maximum atomic E-state index is 13.4. The molecule has 126 valence electrons. The molecule has 2 aromatic rings. The molecule has 1 atom stereocenters. The highest BCUT2D eigenvalue weighted by Crippen LogP contribution is 2.18. The van der Waals surface area contributed by atoms with Gasteiger partial charge in [-0.1, -0.05) is 12.1 Å². The minimum absolute atomic E-state index is 0.0503. The number of carbonyl (C=O) groups is 1. The van der Waals surface area contributed by atoms with Gasteiger partial charge in [0, 0.05) is 19.2 Å². The van der Waals surface area contributed by atoms with Crippen molar-refractivity contribution in [3.05, 3.63) is 57.8 Å². The molecule has 24 heavy (non-hydrogen) atoms. The molecule has 1 aliphatic carbocycles. The summed E-state index contributed by atoms with van der Waals surface area (Å²) in [4.78, 5) is 23.7. The Labute approximate surface area is 138 Å². The van der Waals surface area contributed by atoms with Crippen molar-refractivity contribution in [3.8, 4) is 5.75 Å². The average Bonchev–Trinajstić information content (AvgIpc) is 2.55. The van der Waals surface area contributed by atoms with E-state index in [1.54, 1.807) is 25.2 Å². The van der Waals surface area contributed by atoms with Gasteiger partial charge in [-0.15, -0.1) is 0 Å². The van der Waals surface area contributed by atoms with E-state index in [-0.39, 0.29) is 29.9 Å². The van der Waals surface area contributed by atoms with Gasteiger partial charge in [0.2, 0.25) is 0 Å². The lowest BCUT2D eigenvalue weighted by Crippen LogP contribution is -2.42. The van der Waals surface area contributed by atoms with Crippen LogP contribution in [0.4, 0.5) is 4.39 Å². The lowest BCUT2D eigenvalue weighted by atomic mass is 9.92. The number of hydrogen-bond acceptors (Lipinski definition) is 4. The zero-order valence-electron chi connectivity index (χ0n) is 13.3. The smallest absolute Gasteiger partial charge is 0.266 e. The number of fused-ring (bicyclic) bond motifs is 1. The Hall–Kier alpha value is -2.70. The molecule has 0 saturated heterocycles. The first kappa shape index (κ1) is 16.2. The van der Waals surface area contributed by atoms with E-state index >= 15 is 0 Å². The molecule has 0 fully saturated rings. The van der Waals surface area contributed by atoms with Gasteiger partial charge < -0.3 is 10.1 Å². The van der Waals surface area contributed by atoms with Gasteiger partial charge in [0.05, 0.1) is 5.69 Å². The van der Waals surface area contributed by atoms with Crippen LogP contribution in [-0.4, -0.2) is 28.3 Å². The number of aryl methyl sites for hydroxylation is 2. The first-order valence-corrected chi connectivity index (χ1v) is 7.75. The Kier molecular flexibility index (Phi) is 4.59. The molecule has 6 nitrogen and oxygen atoms in total. The van der Waals surface area contributed by atoms with E-state index in [2.05, 4.69) is 10.4 Å². The topological polar surface area (TPSA) is 73.2 Å². The van der Waals surface area contributed by atoms with Crippen LogP contribution in [0.1, 0.15) is 17.7 Å². The molecule has 1 amide bonds. The molecule has 0 radical (unpaired) electrons. The quantitative estimate of drug-likeness (QED) is 0.906. The van der Waals surface area contributed by atoms with Gasteiger partial charge in [-0.25, -0.2) is 9.07 Å². The molecule has 1 heterocycles. The SMILES string of the molecule is Cn1nc2c(cc1=O)C[C@@H](NC(=O)COc1ccccc1F)CC2. The molecule has 1 aliphatic rings. The average molecular weight is 331 g/mol. The molecular weight excluding hydrogens is 313 g/mol. The molecule has 0 spiro atoms. The Morgan fingerprint density at radius 3 is 3.04 bits per heavy atom. The van der Waals surface area contributed by atoms with Crippen LogP contribution in [0.5, 0.6) is 5.75 Å². The zero-order valence-corrected chi connectivity index (χ0v) is 13.3. The number of ether oxygens (including phenoxy) is 1. The molecule has 0 aliphatic heterocycles. The van der Waals surface area contributed by atoms with Gasteiger partial charge in [-0.05, 0) is 37.0 Å². The number of rotatable bonds is 4. The Morgan fingerprint density at radius 1 is 1.46 bits per heavy atom. The van der Waals surface area contributed by atoms with E-state index in [1.165, 1.54) is 16.8 Å². The second-order valence-corrected chi connectivity index (χ2v) is 5.80. The van der Waals surface area contributed by atoms with Gasteiger partial charge in [-0.2, -0.15) is 5.10 Å². The Morgan fingerprint density at radius 2 is 2.25 bits per heavy atom. The van der Waals surface area contributed by atoms with Crippen LogP contribution in [0.3, 0.4) is 0 Å². The summed E-state index contributed by atoms with van der Waals surface area (Å²) in [5.74, 6) is -0.767. The second-order valence-electron chi connectivity index (χ2n) is 5.80. The van der Waals surface area contributed by atoms with E-state index in [0.717, 1.165) is 17.7 Å². The summed E-state index contributed by atoms with van der Waals surface area (Å²) in [6, 6.07) is 7.43. The Bertz CT molecular complexity index is 819. The van der Waals surface area contributed by atoms with Gasteiger partial charge in [0.15, 0.2) is 18.2 Å². The first-order chi connectivity index (χ1) is 11.5. The van der Waals surface area contributed by atoms with Crippen LogP contribution in [0, 0.1) is 5.82 Å². The van der Waals surface area contributed by atoms with Gasteiger partial charge in [0.1, 0.15) is 0 Å². The third kappa shape index (κ3) is 3.61. The van der Waals surface area contributed by atoms with Crippen molar-refractivity contribution in [3.63, 3.8) is 0 Å². The van der Waals surface area contributed by atoms with Crippen molar-refractivity contribution in [1.82, 2.24) is 15.1 Å². The van der Waals surface area contributed by atoms with Crippen molar-refractivity contribution >= 4 is 5.91 Å². The lowest BCUT2D eigenvalue weighted by molar-refractivity contribution is -0.123. The maximum absolute atomic E-state index is 13.4. The number of carbonyl (C=O) groups excluding carboxylic acids is 1. The van der Waals surface area contributed by atoms with E-state index in [0.29, 0.717) is 12.8 Å². The van der Waals surface area contributed by atoms with E-state index < -0.39 is 5.82 Å². The minimum atomic E-state index is -0.501. The molecule has 0 bridgehead atoms. The number of nitrogens with zero attached hydrogens (tertiary/aromatic N) is 2. The van der Waals surface area contributed by atoms with E-state index in [9.17, 15) is 14.0 Å². The molecule has 0 saturated carbocycles. The standard InChI is InChI=1S/C17H18FN3O3/c1-21-17(23)9-11-8-12(6-7-14(11)20-21)19-16(22)10-24-15-5-3-2-4-13(15)18/h2-5,9,12H,6-8,10H2,1H3,(H,19,22)/t12-/m0/s1. The van der Waals surface area contributed by atoms with Crippen LogP contribution < -0.4 is 15.6 Å². The number of nitrogens with one attached hydrogen (secondary N) is 1. The third-order valence-corrected chi connectivity index (χ3v) is 4.01. The zero-order chi connectivity index (χ0) is 17.1. The molecule has 1 aromatic carbocycles. The summed E-state index contributed by atoms with van der Waals surface area (Å²) in [6.07, 6.45) is 2.00. The van der Waals surface area contributed by atoms with Crippen molar-refractivity contribution in [2.75, 3.05) is 6.61 Å². The molecule has 7 heteroatoms. The molecule has 1 N–H and O–H groups in total. The number of para-hydroxylation sites is 1. The van der Waals surface area contributed by atoms with Crippen LogP contribution in [-0.2, 0) is 24.7 Å². The number of halogens is 1. The van der Waals surface area contributed by atoms with Crippen molar-refractivity contribution in [2.45, 2.75) is 25.3 Å². The molecule has 0 unspecified atom stereocenters. The number of hydrogen-bond donors (Lipinski definition) is 1. The minimum Gasteiger partial charge on any atom is -0.481 e. The van der Waals surface area contributed by atoms with Crippen LogP contribution in [0.25, 0.3) is 0 Å². The highest BCUT2D eigenvalue weighted by atomic mass is 19.1. The summed E-state index contributed by atoms with van der Waals surface area (Å²) in [5.41, 5.74) is 1.60. The molecular formula is C17H18FN3O3. The van der Waals surface area contributed by atoms with Crippen molar-refractivity contribution in [2.24, 2.45) is 7.05 Å². The van der Waals surface area contributed by atoms with Crippen LogP contribution in [0.15, 0.2) is 35.1 Å². The molecule has 1 aromatic heterocycles. The highest BCUT2D eigenvalue weighted by molar-refractivity contribution is 5.77. The predicted molar refractivity (Wildman–Crippen MR) is 85.3 cm³/mol. The number of aromatic nitrogens is 2. The van der Waals surface area contributed by atoms with Crippen molar-refractivity contribution < 1.29 is 13.9 Å². The van der Waals surface area contributed by atoms with Gasteiger partial charge >= 0.3 is 0 Å². The van der Waals surface area contributed by atoms with Crippen LogP contribution in [0.2, 0.25) is 0 Å². The summed E-state index contributed by atoms with van der Waals surface area (Å²) < 4.78 is 20.0. The summed E-state index contributed by atoms with van der Waals surface area (Å²) in [7, 11) is 1.62. The molecule has 3 rings (SSSR count). The highest BCUT2D eigenvalue weighted by Gasteiger charge is 2.22. The normalized spacial score (nSPS) is 16.3. The summed E-state index contributed by atoms with van der Waals surface area (Å²) in [6.45, 7) is -0.251. The van der Waals surface area contributed by atoms with E-state index in [4.69, 9.17) is 4.74 Å². The Balaban J connectivity index is 1.57. The van der Waals surface area contributed by atoms with E-state index in [1.807, 2.05) is 0 Å². The number of benzene rings is 1. The van der Waals surface area contributed by atoms with Gasteiger partial charge in [-0.3, -0.25) is 9.59 Å². The fourth-order valence-electron chi connectivity index (χ4n) is 2.78. The monoisotopic (exact) mass is 331 g/mol. The lowest BCUT2D eigenvalue weighted by Gasteiger charge is -2.24. The maximum Gasteiger partial charge on any atom is 0.266 e. The fraction of sp³-hybridized carbons (Fsp3) is 0.353. The number of amides is 1. The summed E-state index contributed by atoms with van der Waals surface area (Å²) in [5, 5.41) is 7.10. The largest absolute Gasteiger partial charge is 0.481 e. The van der Waals surface area contributed by atoms with Crippen molar-refractivity contribution in [1.29, 1.82) is 0 Å².